The number of hydrogen-bond donors (Lipinski definition) is 2. The van der Waals surface area contributed by atoms with E-state index in [1.807, 2.05) is 0 Å². The Morgan fingerprint density at radius 3 is 2.12 bits per heavy atom. The maximum absolute atomic E-state index is 12.9. The first-order valence-corrected chi connectivity index (χ1v) is 7.67. The third kappa shape index (κ3) is 5.30. The Bertz CT molecular complexity index is 771. The number of benzene rings is 2. The summed E-state index contributed by atoms with van der Waals surface area (Å²) in [6.45, 7) is 1.36. The summed E-state index contributed by atoms with van der Waals surface area (Å²) in [5.74, 6) is -1.54. The number of hydrogen-bond acceptors (Lipinski definition) is 2. The van der Waals surface area contributed by atoms with Gasteiger partial charge in [0, 0.05) is 5.56 Å². The normalized spacial score (nSPS) is 12.3. The third-order valence-corrected chi connectivity index (χ3v) is 3.63. The molecule has 0 aliphatic heterocycles. The van der Waals surface area contributed by atoms with Gasteiger partial charge in [-0.05, 0) is 48.9 Å². The Labute approximate surface area is 147 Å². The molecule has 0 fully saturated rings. The van der Waals surface area contributed by atoms with Crippen LogP contribution in [0.4, 0.5) is 17.6 Å². The van der Waals surface area contributed by atoms with Gasteiger partial charge in [-0.1, -0.05) is 12.1 Å². The molecule has 2 amide bonds. The van der Waals surface area contributed by atoms with E-state index in [4.69, 9.17) is 0 Å². The Morgan fingerprint density at radius 1 is 1.00 bits per heavy atom. The van der Waals surface area contributed by atoms with Gasteiger partial charge in [0.25, 0.3) is 5.91 Å². The standard InChI is InChI=1S/C18H16F4N2O2/c1-11(12-4-8-15(19)9-5-12)24-16(25)10-23-17(26)13-2-6-14(7-3-13)18(20,21)22/h2-9,11H,10H2,1H3,(H,23,26)(H,24,25)/t11-/m1/s1. The number of alkyl halides is 3. The van der Waals surface area contributed by atoms with Gasteiger partial charge in [-0.15, -0.1) is 0 Å². The molecule has 1 atom stereocenters. The molecule has 0 saturated heterocycles. The van der Waals surface area contributed by atoms with Gasteiger partial charge in [-0.25, -0.2) is 4.39 Å². The average molecular weight is 368 g/mol. The maximum atomic E-state index is 12.9. The molecule has 2 aromatic carbocycles. The highest BCUT2D eigenvalue weighted by Crippen LogP contribution is 2.29. The molecule has 26 heavy (non-hydrogen) atoms. The van der Waals surface area contributed by atoms with E-state index >= 15 is 0 Å². The van der Waals surface area contributed by atoms with Crippen LogP contribution in [0.15, 0.2) is 48.5 Å². The minimum absolute atomic E-state index is 0.0115. The Morgan fingerprint density at radius 2 is 1.58 bits per heavy atom. The lowest BCUT2D eigenvalue weighted by Crippen LogP contribution is -2.38. The van der Waals surface area contributed by atoms with Crippen LogP contribution in [-0.4, -0.2) is 18.4 Å². The topological polar surface area (TPSA) is 58.2 Å². The van der Waals surface area contributed by atoms with Crippen molar-refractivity contribution in [2.75, 3.05) is 6.54 Å². The highest BCUT2D eigenvalue weighted by Gasteiger charge is 2.30. The van der Waals surface area contributed by atoms with Gasteiger partial charge < -0.3 is 10.6 Å². The number of amides is 2. The van der Waals surface area contributed by atoms with Gasteiger partial charge in [0.2, 0.25) is 5.91 Å². The van der Waals surface area contributed by atoms with E-state index in [1.165, 1.54) is 24.3 Å². The fraction of sp³-hybridized carbons (Fsp3) is 0.222. The zero-order chi connectivity index (χ0) is 19.3. The molecule has 138 valence electrons. The van der Waals surface area contributed by atoms with Crippen LogP contribution < -0.4 is 10.6 Å². The van der Waals surface area contributed by atoms with Gasteiger partial charge in [0.15, 0.2) is 0 Å². The summed E-state index contributed by atoms with van der Waals surface area (Å²) in [5.41, 5.74) is -0.161. The Kier molecular flexibility index (Phi) is 5.97. The van der Waals surface area contributed by atoms with E-state index in [1.54, 1.807) is 6.92 Å². The van der Waals surface area contributed by atoms with Crippen molar-refractivity contribution in [1.82, 2.24) is 10.6 Å². The number of carbonyl (C=O) groups excluding carboxylic acids is 2. The van der Waals surface area contributed by atoms with Crippen LogP contribution in [0.25, 0.3) is 0 Å². The van der Waals surface area contributed by atoms with Crippen LogP contribution in [0, 0.1) is 5.82 Å². The van der Waals surface area contributed by atoms with E-state index in [-0.39, 0.29) is 12.1 Å². The molecule has 0 unspecified atom stereocenters. The first-order chi connectivity index (χ1) is 12.2. The van der Waals surface area contributed by atoms with Crippen molar-refractivity contribution in [3.05, 3.63) is 71.0 Å². The van der Waals surface area contributed by atoms with Crippen LogP contribution in [-0.2, 0) is 11.0 Å². The molecule has 0 heterocycles. The van der Waals surface area contributed by atoms with Crippen molar-refractivity contribution in [2.45, 2.75) is 19.1 Å². The van der Waals surface area contributed by atoms with Gasteiger partial charge in [0.1, 0.15) is 5.82 Å². The van der Waals surface area contributed by atoms with Crippen molar-refractivity contribution in [2.24, 2.45) is 0 Å². The van der Waals surface area contributed by atoms with Gasteiger partial charge >= 0.3 is 6.18 Å². The van der Waals surface area contributed by atoms with Gasteiger partial charge in [0.05, 0.1) is 18.2 Å². The maximum Gasteiger partial charge on any atom is 0.416 e. The highest BCUT2D eigenvalue weighted by molar-refractivity contribution is 5.96. The number of rotatable bonds is 5. The lowest BCUT2D eigenvalue weighted by Gasteiger charge is -2.15. The average Bonchev–Trinajstić information content (AvgIpc) is 2.59. The van der Waals surface area contributed by atoms with E-state index in [2.05, 4.69) is 10.6 Å². The van der Waals surface area contributed by atoms with Crippen molar-refractivity contribution < 1.29 is 27.2 Å². The first-order valence-electron chi connectivity index (χ1n) is 7.67. The molecule has 8 heteroatoms. The first kappa shape index (κ1) is 19.4. The molecular formula is C18H16F4N2O2. The summed E-state index contributed by atoms with van der Waals surface area (Å²) in [6, 6.07) is 8.87. The van der Waals surface area contributed by atoms with E-state index in [9.17, 15) is 27.2 Å². The van der Waals surface area contributed by atoms with E-state index < -0.39 is 35.4 Å². The minimum Gasteiger partial charge on any atom is -0.348 e. The lowest BCUT2D eigenvalue weighted by atomic mass is 10.1. The molecule has 0 spiro atoms. The summed E-state index contributed by atoms with van der Waals surface area (Å²) >= 11 is 0. The van der Waals surface area contributed by atoms with Crippen molar-refractivity contribution in [3.63, 3.8) is 0 Å². The number of carbonyl (C=O) groups is 2. The van der Waals surface area contributed by atoms with Crippen LogP contribution in [0.2, 0.25) is 0 Å². The highest BCUT2D eigenvalue weighted by atomic mass is 19.4. The van der Waals surface area contributed by atoms with Gasteiger partial charge in [-0.3, -0.25) is 9.59 Å². The fourth-order valence-corrected chi connectivity index (χ4v) is 2.20. The summed E-state index contributed by atoms with van der Waals surface area (Å²) in [7, 11) is 0. The fourth-order valence-electron chi connectivity index (χ4n) is 2.20. The van der Waals surface area contributed by atoms with Gasteiger partial charge in [-0.2, -0.15) is 13.2 Å². The molecule has 0 radical (unpaired) electrons. The molecule has 0 bridgehead atoms. The number of nitrogens with one attached hydrogen (secondary N) is 2. The molecule has 0 aliphatic carbocycles. The molecule has 4 nitrogen and oxygen atoms in total. The smallest absolute Gasteiger partial charge is 0.348 e. The quantitative estimate of drug-likeness (QED) is 0.795. The van der Waals surface area contributed by atoms with E-state index in [0.29, 0.717) is 5.56 Å². The second-order valence-corrected chi connectivity index (χ2v) is 5.60. The predicted octanol–water partition coefficient (Wildman–Crippen LogP) is 3.45. The summed E-state index contributed by atoms with van der Waals surface area (Å²) in [4.78, 5) is 23.8. The van der Waals surface area contributed by atoms with E-state index in [0.717, 1.165) is 24.3 Å². The minimum atomic E-state index is -4.48. The molecule has 2 N–H and O–H groups in total. The largest absolute Gasteiger partial charge is 0.416 e. The van der Waals surface area contributed by atoms with Crippen molar-refractivity contribution in [1.29, 1.82) is 0 Å². The third-order valence-electron chi connectivity index (χ3n) is 3.63. The van der Waals surface area contributed by atoms with Crippen LogP contribution in [0.3, 0.4) is 0 Å². The summed E-state index contributed by atoms with van der Waals surface area (Å²) < 4.78 is 50.3. The zero-order valence-corrected chi connectivity index (χ0v) is 13.7. The zero-order valence-electron chi connectivity index (χ0n) is 13.7. The van der Waals surface area contributed by atoms with Crippen LogP contribution in [0.1, 0.15) is 34.5 Å². The van der Waals surface area contributed by atoms with Crippen LogP contribution in [0.5, 0.6) is 0 Å². The SMILES string of the molecule is C[C@@H](NC(=O)CNC(=O)c1ccc(C(F)(F)F)cc1)c1ccc(F)cc1. The van der Waals surface area contributed by atoms with Crippen molar-refractivity contribution >= 4 is 11.8 Å². The number of halogens is 4. The predicted molar refractivity (Wildman–Crippen MR) is 86.7 cm³/mol. The molecule has 0 aliphatic rings. The second-order valence-electron chi connectivity index (χ2n) is 5.60. The molecular weight excluding hydrogens is 352 g/mol. The molecule has 0 saturated carbocycles. The molecule has 0 aromatic heterocycles. The summed E-state index contributed by atoms with van der Waals surface area (Å²) in [6.07, 6.45) is -4.48. The monoisotopic (exact) mass is 368 g/mol. The molecule has 2 rings (SSSR count). The van der Waals surface area contributed by atoms with Crippen molar-refractivity contribution in [3.8, 4) is 0 Å². The second kappa shape index (κ2) is 7.99. The lowest BCUT2D eigenvalue weighted by molar-refractivity contribution is -0.137. The molecule has 2 aromatic rings. The van der Waals surface area contributed by atoms with Crippen LogP contribution >= 0.6 is 0 Å². The summed E-state index contributed by atoms with van der Waals surface area (Å²) in [5, 5.41) is 4.96. The Balaban J connectivity index is 1.86. The Hall–Kier alpha value is -2.90.